The average Bonchev–Trinajstić information content (AvgIpc) is 3.18. The molecule has 2 aromatic rings. The van der Waals surface area contributed by atoms with E-state index >= 15 is 0 Å². The summed E-state index contributed by atoms with van der Waals surface area (Å²) < 4.78 is 21.3. The zero-order valence-electron chi connectivity index (χ0n) is 18.4. The van der Waals surface area contributed by atoms with Crippen LogP contribution in [0.4, 0.5) is 0 Å². The highest BCUT2D eigenvalue weighted by atomic mass is 16.6. The van der Waals surface area contributed by atoms with Gasteiger partial charge in [-0.2, -0.15) is 0 Å². The van der Waals surface area contributed by atoms with E-state index in [1.54, 1.807) is 37.4 Å². The van der Waals surface area contributed by atoms with Crippen molar-refractivity contribution < 1.29 is 28.7 Å². The van der Waals surface area contributed by atoms with Crippen LogP contribution in [-0.2, 0) is 16.0 Å². The first-order chi connectivity index (χ1) is 15.4. The summed E-state index contributed by atoms with van der Waals surface area (Å²) in [4.78, 5) is 27.0. The predicted molar refractivity (Wildman–Crippen MR) is 115 cm³/mol. The Balaban J connectivity index is 1.91. The zero-order chi connectivity index (χ0) is 23.0. The Morgan fingerprint density at radius 3 is 2.41 bits per heavy atom. The molecule has 0 unspecified atom stereocenters. The Bertz CT molecular complexity index is 1040. The van der Waals surface area contributed by atoms with Crippen LogP contribution in [-0.4, -0.2) is 62.9 Å². The van der Waals surface area contributed by atoms with Crippen LogP contribution in [0.1, 0.15) is 28.7 Å². The largest absolute Gasteiger partial charge is 0.497 e. The van der Waals surface area contributed by atoms with E-state index in [0.717, 1.165) is 11.1 Å². The minimum absolute atomic E-state index is 0.281. The van der Waals surface area contributed by atoms with Crippen molar-refractivity contribution in [3.63, 3.8) is 0 Å². The van der Waals surface area contributed by atoms with E-state index < -0.39 is 30.0 Å². The summed E-state index contributed by atoms with van der Waals surface area (Å²) in [5, 5.41) is 12.5. The molecule has 9 nitrogen and oxygen atoms in total. The molecule has 2 aliphatic heterocycles. The molecule has 4 rings (SSSR count). The molecule has 4 atom stereocenters. The third-order valence-corrected chi connectivity index (χ3v) is 6.51. The third-order valence-electron chi connectivity index (χ3n) is 6.51. The highest BCUT2D eigenvalue weighted by Gasteiger charge is 2.61. The maximum absolute atomic E-state index is 12.9. The number of carbonyl (C=O) groups is 1. The van der Waals surface area contributed by atoms with Crippen molar-refractivity contribution in [2.24, 2.45) is 0 Å². The minimum Gasteiger partial charge on any atom is -0.497 e. The fraction of sp³-hybridized carbons (Fsp3) is 0.435. The van der Waals surface area contributed by atoms with Crippen LogP contribution in [0.2, 0.25) is 0 Å². The first-order valence-corrected chi connectivity index (χ1v) is 10.3. The number of nitro groups is 1. The zero-order valence-corrected chi connectivity index (χ0v) is 18.4. The van der Waals surface area contributed by atoms with Crippen LogP contribution in [0.15, 0.2) is 36.4 Å². The number of benzene rings is 2. The number of rotatable bonds is 6. The highest BCUT2D eigenvalue weighted by molar-refractivity contribution is 5.78. The fourth-order valence-corrected chi connectivity index (χ4v) is 5.16. The van der Waals surface area contributed by atoms with Gasteiger partial charge in [-0.1, -0.05) is 12.1 Å². The summed E-state index contributed by atoms with van der Waals surface area (Å²) in [6, 6.07) is 8.29. The van der Waals surface area contributed by atoms with Gasteiger partial charge in [-0.05, 0) is 47.4 Å². The molecule has 0 aromatic heterocycles. The second-order valence-corrected chi connectivity index (χ2v) is 7.89. The van der Waals surface area contributed by atoms with Gasteiger partial charge in [0.25, 0.3) is 0 Å². The second kappa shape index (κ2) is 8.66. The fourth-order valence-electron chi connectivity index (χ4n) is 5.16. The summed E-state index contributed by atoms with van der Waals surface area (Å²) in [5.41, 5.74) is 2.39. The van der Waals surface area contributed by atoms with Crippen molar-refractivity contribution >= 4 is 5.97 Å². The molecule has 0 bridgehead atoms. The monoisotopic (exact) mass is 442 g/mol. The van der Waals surface area contributed by atoms with Gasteiger partial charge in [0.05, 0.1) is 34.4 Å². The molecular formula is C23H26N2O7. The lowest BCUT2D eigenvalue weighted by atomic mass is 9.84. The van der Waals surface area contributed by atoms with Crippen molar-refractivity contribution in [3.8, 4) is 17.2 Å². The molecule has 0 saturated carbocycles. The Hall–Kier alpha value is -3.33. The molecule has 2 heterocycles. The summed E-state index contributed by atoms with van der Waals surface area (Å²) in [6.07, 6.45) is 0.620. The Morgan fingerprint density at radius 1 is 1.06 bits per heavy atom. The number of fused-ring (bicyclic) bond motifs is 3. The Kier molecular flexibility index (Phi) is 5.92. The van der Waals surface area contributed by atoms with Gasteiger partial charge in [-0.15, -0.1) is 0 Å². The van der Waals surface area contributed by atoms with Gasteiger partial charge in [0.15, 0.2) is 11.5 Å². The van der Waals surface area contributed by atoms with Crippen molar-refractivity contribution in [1.29, 1.82) is 0 Å². The van der Waals surface area contributed by atoms with E-state index in [9.17, 15) is 14.9 Å². The smallest absolute Gasteiger partial charge is 0.324 e. The van der Waals surface area contributed by atoms with Crippen molar-refractivity contribution in [3.05, 3.63) is 63.2 Å². The second-order valence-electron chi connectivity index (χ2n) is 7.89. The maximum Gasteiger partial charge on any atom is 0.324 e. The Labute approximate surface area is 186 Å². The van der Waals surface area contributed by atoms with E-state index in [1.807, 2.05) is 11.0 Å². The minimum atomic E-state index is -1.07. The van der Waals surface area contributed by atoms with Gasteiger partial charge in [0, 0.05) is 11.5 Å². The van der Waals surface area contributed by atoms with Crippen LogP contribution in [0, 0.1) is 10.1 Å². The van der Waals surface area contributed by atoms with Crippen LogP contribution in [0.5, 0.6) is 17.2 Å². The number of esters is 1. The summed E-state index contributed by atoms with van der Waals surface area (Å²) in [6.45, 7) is 0.484. The van der Waals surface area contributed by atoms with Crippen LogP contribution < -0.4 is 14.2 Å². The van der Waals surface area contributed by atoms with E-state index in [1.165, 1.54) is 21.3 Å². The normalized spacial score (nSPS) is 24.2. The molecule has 1 saturated heterocycles. The summed E-state index contributed by atoms with van der Waals surface area (Å²) in [7, 11) is 5.93. The van der Waals surface area contributed by atoms with Crippen LogP contribution in [0.3, 0.4) is 0 Å². The molecule has 2 aromatic carbocycles. The number of hydrogen-bond donors (Lipinski definition) is 0. The molecule has 1 fully saturated rings. The van der Waals surface area contributed by atoms with Crippen molar-refractivity contribution in [2.75, 3.05) is 35.0 Å². The topological polar surface area (TPSA) is 100 Å². The Morgan fingerprint density at radius 2 is 1.78 bits per heavy atom. The average molecular weight is 442 g/mol. The molecule has 0 N–H and O–H groups in total. The number of nitrogens with zero attached hydrogens (tertiary/aromatic N) is 2. The quantitative estimate of drug-likeness (QED) is 0.382. The van der Waals surface area contributed by atoms with Crippen molar-refractivity contribution in [2.45, 2.75) is 30.5 Å². The molecule has 0 aliphatic carbocycles. The van der Waals surface area contributed by atoms with Crippen LogP contribution in [0.25, 0.3) is 0 Å². The van der Waals surface area contributed by atoms with Gasteiger partial charge < -0.3 is 18.9 Å². The highest BCUT2D eigenvalue weighted by Crippen LogP contribution is 2.51. The lowest BCUT2D eigenvalue weighted by Crippen LogP contribution is -2.43. The molecule has 0 amide bonds. The third kappa shape index (κ3) is 3.42. The summed E-state index contributed by atoms with van der Waals surface area (Å²) >= 11 is 0. The standard InChI is InChI=1S/C23H26N2O7/c1-29-15-7-5-6-14(10-15)19-21(25(27)28)20-16-12-18(31-3)17(30-2)11-13(16)8-9-24(20)22(19)23(26)32-4/h5-7,10-12,19-22H,8-9H2,1-4H3/t19-,20-,21-,22+/m1/s1. The lowest BCUT2D eigenvalue weighted by Gasteiger charge is -2.34. The summed E-state index contributed by atoms with van der Waals surface area (Å²) in [5.74, 6) is 0.441. The van der Waals surface area contributed by atoms with Gasteiger partial charge in [-0.3, -0.25) is 19.8 Å². The molecule has 0 spiro atoms. The molecule has 2 aliphatic rings. The molecule has 32 heavy (non-hydrogen) atoms. The SMILES string of the molecule is COC(=O)[C@@H]1[C@H](c2cccc(OC)c2)[C@@H]([N+](=O)[O-])[C@H]2c3cc(OC)c(OC)cc3CCN12. The first-order valence-electron chi connectivity index (χ1n) is 10.3. The van der Waals surface area contributed by atoms with Crippen molar-refractivity contribution in [1.82, 2.24) is 4.90 Å². The number of carbonyl (C=O) groups excluding carboxylic acids is 1. The molecular weight excluding hydrogens is 416 g/mol. The lowest BCUT2D eigenvalue weighted by molar-refractivity contribution is -0.529. The van der Waals surface area contributed by atoms with Gasteiger partial charge in [0.1, 0.15) is 17.8 Å². The molecule has 170 valence electrons. The molecule has 9 heteroatoms. The van der Waals surface area contributed by atoms with E-state index in [-0.39, 0.29) is 4.92 Å². The van der Waals surface area contributed by atoms with Gasteiger partial charge in [-0.25, -0.2) is 0 Å². The van der Waals surface area contributed by atoms with E-state index in [0.29, 0.717) is 35.8 Å². The maximum atomic E-state index is 12.9. The van der Waals surface area contributed by atoms with E-state index in [4.69, 9.17) is 18.9 Å². The first kappa shape index (κ1) is 21.9. The number of ether oxygens (including phenoxy) is 4. The number of methoxy groups -OCH3 is 4. The van der Waals surface area contributed by atoms with Gasteiger partial charge >= 0.3 is 5.97 Å². The van der Waals surface area contributed by atoms with E-state index in [2.05, 4.69) is 0 Å². The van der Waals surface area contributed by atoms with Gasteiger partial charge in [0.2, 0.25) is 6.04 Å². The van der Waals surface area contributed by atoms with Crippen LogP contribution >= 0.6 is 0 Å². The number of hydrogen-bond acceptors (Lipinski definition) is 8. The molecule has 0 radical (unpaired) electrons. The predicted octanol–water partition coefficient (Wildman–Crippen LogP) is 2.60.